The standard InChI is InChI=1S/C29H33N3O2/c1-21-14-16-25(17-15-21)34-19-9-8-18-32-27-13-7-6-12-26(27)31-29(32)23(3)30-28(33)20-24-11-5-4-10-22(24)2/h4-7,10-17,23H,8-9,18-20H2,1-3H3,(H,30,33). The molecule has 5 nitrogen and oxygen atoms in total. The van der Waals surface area contributed by atoms with Crippen LogP contribution in [0.15, 0.2) is 72.8 Å². The molecule has 176 valence electrons. The van der Waals surface area contributed by atoms with Gasteiger partial charge in [0.15, 0.2) is 0 Å². The first-order valence-electron chi connectivity index (χ1n) is 12.0. The fourth-order valence-electron chi connectivity index (χ4n) is 4.19. The summed E-state index contributed by atoms with van der Waals surface area (Å²) in [5.74, 6) is 1.80. The third kappa shape index (κ3) is 5.84. The van der Waals surface area contributed by atoms with E-state index in [1.54, 1.807) is 0 Å². The molecule has 1 N–H and O–H groups in total. The Labute approximate surface area is 201 Å². The topological polar surface area (TPSA) is 56.1 Å². The normalized spacial score (nSPS) is 12.0. The summed E-state index contributed by atoms with van der Waals surface area (Å²) < 4.78 is 8.12. The van der Waals surface area contributed by atoms with Crippen molar-refractivity contribution in [2.24, 2.45) is 0 Å². The maximum absolute atomic E-state index is 12.8. The van der Waals surface area contributed by atoms with E-state index < -0.39 is 0 Å². The van der Waals surface area contributed by atoms with Gasteiger partial charge in [-0.25, -0.2) is 4.98 Å². The summed E-state index contributed by atoms with van der Waals surface area (Å²) in [4.78, 5) is 17.6. The van der Waals surface area contributed by atoms with Gasteiger partial charge in [0.25, 0.3) is 0 Å². The number of imidazole rings is 1. The Kier molecular flexibility index (Phi) is 7.63. The molecule has 5 heteroatoms. The molecular formula is C29H33N3O2. The number of amides is 1. The van der Waals surface area contributed by atoms with Crippen LogP contribution in [0.5, 0.6) is 5.75 Å². The number of carbonyl (C=O) groups is 1. The zero-order valence-corrected chi connectivity index (χ0v) is 20.3. The number of unbranched alkanes of at least 4 members (excludes halogenated alkanes) is 1. The van der Waals surface area contributed by atoms with Crippen molar-refractivity contribution in [3.05, 3.63) is 95.3 Å². The SMILES string of the molecule is Cc1ccc(OCCCCn2c(C(C)NC(=O)Cc3ccccc3C)nc3ccccc32)cc1. The molecule has 1 amide bonds. The molecule has 0 aliphatic rings. The van der Waals surface area contributed by atoms with Gasteiger partial charge in [-0.2, -0.15) is 0 Å². The molecule has 34 heavy (non-hydrogen) atoms. The van der Waals surface area contributed by atoms with Crippen LogP contribution in [0.1, 0.15) is 48.3 Å². The van der Waals surface area contributed by atoms with Crippen molar-refractivity contribution < 1.29 is 9.53 Å². The van der Waals surface area contributed by atoms with Crippen molar-refractivity contribution in [1.82, 2.24) is 14.9 Å². The predicted octanol–water partition coefficient (Wildman–Crippen LogP) is 5.93. The molecule has 0 radical (unpaired) electrons. The van der Waals surface area contributed by atoms with E-state index in [0.717, 1.165) is 53.1 Å². The lowest BCUT2D eigenvalue weighted by molar-refractivity contribution is -0.121. The number of hydrogen-bond donors (Lipinski definition) is 1. The number of para-hydroxylation sites is 2. The Hall–Kier alpha value is -3.60. The molecule has 0 saturated heterocycles. The highest BCUT2D eigenvalue weighted by atomic mass is 16.5. The largest absolute Gasteiger partial charge is 0.494 e. The highest BCUT2D eigenvalue weighted by Gasteiger charge is 2.18. The van der Waals surface area contributed by atoms with Crippen LogP contribution < -0.4 is 10.1 Å². The lowest BCUT2D eigenvalue weighted by Gasteiger charge is -2.17. The number of rotatable bonds is 10. The second-order valence-corrected chi connectivity index (χ2v) is 8.87. The van der Waals surface area contributed by atoms with Gasteiger partial charge in [-0.3, -0.25) is 4.79 Å². The van der Waals surface area contributed by atoms with Crippen molar-refractivity contribution in [3.63, 3.8) is 0 Å². The van der Waals surface area contributed by atoms with Crippen LogP contribution in [0.2, 0.25) is 0 Å². The molecule has 3 aromatic carbocycles. The summed E-state index contributed by atoms with van der Waals surface area (Å²) in [7, 11) is 0. The monoisotopic (exact) mass is 455 g/mol. The van der Waals surface area contributed by atoms with Gasteiger partial charge in [-0.15, -0.1) is 0 Å². The van der Waals surface area contributed by atoms with E-state index in [-0.39, 0.29) is 11.9 Å². The molecule has 0 fully saturated rings. The number of aryl methyl sites for hydroxylation is 3. The van der Waals surface area contributed by atoms with Crippen LogP contribution in [-0.2, 0) is 17.8 Å². The Balaban J connectivity index is 1.39. The fourth-order valence-corrected chi connectivity index (χ4v) is 4.19. The number of ether oxygens (including phenoxy) is 1. The van der Waals surface area contributed by atoms with Gasteiger partial charge >= 0.3 is 0 Å². The minimum atomic E-state index is -0.187. The van der Waals surface area contributed by atoms with Gasteiger partial charge in [0.2, 0.25) is 5.91 Å². The zero-order chi connectivity index (χ0) is 23.9. The molecule has 0 saturated carbocycles. The van der Waals surface area contributed by atoms with Gasteiger partial charge in [0, 0.05) is 6.54 Å². The molecule has 0 aliphatic heterocycles. The van der Waals surface area contributed by atoms with Crippen LogP contribution in [0.4, 0.5) is 0 Å². The van der Waals surface area contributed by atoms with Crippen molar-refractivity contribution >= 4 is 16.9 Å². The third-order valence-electron chi connectivity index (χ3n) is 6.13. The van der Waals surface area contributed by atoms with E-state index in [1.165, 1.54) is 5.56 Å². The maximum Gasteiger partial charge on any atom is 0.225 e. The minimum Gasteiger partial charge on any atom is -0.494 e. The summed E-state index contributed by atoms with van der Waals surface area (Å²) in [6, 6.07) is 24.1. The fraction of sp³-hybridized carbons (Fsp3) is 0.310. The molecule has 1 aromatic heterocycles. The molecule has 1 unspecified atom stereocenters. The van der Waals surface area contributed by atoms with Crippen LogP contribution in [0.3, 0.4) is 0 Å². The predicted molar refractivity (Wildman–Crippen MR) is 137 cm³/mol. The van der Waals surface area contributed by atoms with Crippen LogP contribution in [-0.4, -0.2) is 22.1 Å². The quantitative estimate of drug-likeness (QED) is 0.302. The molecule has 4 rings (SSSR count). The van der Waals surface area contributed by atoms with E-state index in [4.69, 9.17) is 9.72 Å². The van der Waals surface area contributed by atoms with E-state index >= 15 is 0 Å². The Bertz CT molecular complexity index is 1240. The Morgan fingerprint density at radius 1 is 0.971 bits per heavy atom. The van der Waals surface area contributed by atoms with E-state index in [1.807, 2.05) is 68.4 Å². The maximum atomic E-state index is 12.8. The van der Waals surface area contributed by atoms with Crippen molar-refractivity contribution in [3.8, 4) is 5.75 Å². The molecule has 4 aromatic rings. The molecule has 1 atom stereocenters. The first-order chi connectivity index (χ1) is 16.5. The number of nitrogens with zero attached hydrogens (tertiary/aromatic N) is 2. The summed E-state index contributed by atoms with van der Waals surface area (Å²) in [6.07, 6.45) is 2.27. The first-order valence-corrected chi connectivity index (χ1v) is 12.0. The Morgan fingerprint density at radius 3 is 2.50 bits per heavy atom. The number of nitrogens with one attached hydrogen (secondary N) is 1. The lowest BCUT2D eigenvalue weighted by Crippen LogP contribution is -2.30. The molecule has 0 spiro atoms. The number of fused-ring (bicyclic) bond motifs is 1. The van der Waals surface area contributed by atoms with Gasteiger partial charge in [0.05, 0.1) is 30.1 Å². The molecular weight excluding hydrogens is 422 g/mol. The smallest absolute Gasteiger partial charge is 0.225 e. The van der Waals surface area contributed by atoms with Crippen molar-refractivity contribution in [2.75, 3.05) is 6.61 Å². The number of hydrogen-bond acceptors (Lipinski definition) is 3. The Morgan fingerprint density at radius 2 is 1.71 bits per heavy atom. The number of carbonyl (C=O) groups excluding carboxylic acids is 1. The number of benzene rings is 3. The second-order valence-electron chi connectivity index (χ2n) is 8.87. The molecule has 0 aliphatic carbocycles. The van der Waals surface area contributed by atoms with Crippen molar-refractivity contribution in [2.45, 2.75) is 52.6 Å². The van der Waals surface area contributed by atoms with Crippen LogP contribution in [0.25, 0.3) is 11.0 Å². The first kappa shape index (κ1) is 23.6. The van der Waals surface area contributed by atoms with Crippen LogP contribution in [0, 0.1) is 13.8 Å². The average molecular weight is 456 g/mol. The van der Waals surface area contributed by atoms with E-state index in [9.17, 15) is 4.79 Å². The lowest BCUT2D eigenvalue weighted by atomic mass is 10.1. The third-order valence-corrected chi connectivity index (χ3v) is 6.13. The van der Waals surface area contributed by atoms with E-state index in [0.29, 0.717) is 13.0 Å². The summed E-state index contributed by atoms with van der Waals surface area (Å²) >= 11 is 0. The second kappa shape index (κ2) is 11.0. The highest BCUT2D eigenvalue weighted by Crippen LogP contribution is 2.22. The minimum absolute atomic E-state index is 0.00639. The van der Waals surface area contributed by atoms with Gasteiger partial charge in [-0.1, -0.05) is 54.1 Å². The number of aromatic nitrogens is 2. The summed E-state index contributed by atoms with van der Waals surface area (Å²) in [5.41, 5.74) is 5.46. The zero-order valence-electron chi connectivity index (χ0n) is 20.3. The van der Waals surface area contributed by atoms with Crippen molar-refractivity contribution in [1.29, 1.82) is 0 Å². The van der Waals surface area contributed by atoms with Gasteiger partial charge in [0.1, 0.15) is 11.6 Å². The molecule has 0 bridgehead atoms. The van der Waals surface area contributed by atoms with E-state index in [2.05, 4.69) is 35.0 Å². The van der Waals surface area contributed by atoms with Gasteiger partial charge in [-0.05, 0) is 69.0 Å². The summed E-state index contributed by atoms with van der Waals surface area (Å²) in [5, 5.41) is 3.15. The average Bonchev–Trinajstić information content (AvgIpc) is 3.20. The van der Waals surface area contributed by atoms with Gasteiger partial charge < -0.3 is 14.6 Å². The highest BCUT2D eigenvalue weighted by molar-refractivity contribution is 5.80. The van der Waals surface area contributed by atoms with Crippen LogP contribution >= 0.6 is 0 Å². The summed E-state index contributed by atoms with van der Waals surface area (Å²) in [6.45, 7) is 7.61. The molecule has 1 heterocycles.